The second kappa shape index (κ2) is 5.45. The lowest BCUT2D eigenvalue weighted by atomic mass is 10.2. The van der Waals surface area contributed by atoms with Gasteiger partial charge in [0.2, 0.25) is 0 Å². The molecule has 0 atom stereocenters. The summed E-state index contributed by atoms with van der Waals surface area (Å²) in [5.74, 6) is 0.0244. The fourth-order valence-corrected chi connectivity index (χ4v) is 3.54. The van der Waals surface area contributed by atoms with E-state index in [9.17, 15) is 8.42 Å². The predicted octanol–water partition coefficient (Wildman–Crippen LogP) is 2.69. The average Bonchev–Trinajstić information content (AvgIpc) is 2.31. The maximum atomic E-state index is 12.2. The fraction of sp³-hybridized carbons (Fsp3) is 0.200. The molecule has 0 amide bonds. The van der Waals surface area contributed by atoms with Gasteiger partial charge in [0.25, 0.3) is 0 Å². The Bertz CT molecular complexity index is 678. The van der Waals surface area contributed by atoms with Crippen LogP contribution in [0.15, 0.2) is 48.5 Å². The monoisotopic (exact) mass is 275 g/mol. The standard InChI is InChI=1S/C15H17NO2S/c1-12-5-4-6-13(9-12)10-19(17,18)11-14-7-2-3-8-15(14)16/h2-9H,10-11,16H2,1H3. The van der Waals surface area contributed by atoms with Crippen molar-refractivity contribution in [2.24, 2.45) is 0 Å². The van der Waals surface area contributed by atoms with Crippen LogP contribution in [0.4, 0.5) is 5.69 Å². The van der Waals surface area contributed by atoms with E-state index in [0.717, 1.165) is 11.1 Å². The number of benzene rings is 2. The summed E-state index contributed by atoms with van der Waals surface area (Å²) in [6, 6.07) is 14.6. The first kappa shape index (κ1) is 13.6. The molecule has 0 heterocycles. The Morgan fingerprint density at radius 3 is 2.42 bits per heavy atom. The number of aryl methyl sites for hydroxylation is 1. The fourth-order valence-electron chi connectivity index (χ4n) is 2.01. The number of para-hydroxylation sites is 1. The number of sulfone groups is 1. The smallest absolute Gasteiger partial charge is 0.158 e. The number of hydrogen-bond acceptors (Lipinski definition) is 3. The Morgan fingerprint density at radius 1 is 1.00 bits per heavy atom. The predicted molar refractivity (Wildman–Crippen MR) is 78.4 cm³/mol. The molecule has 2 rings (SSSR count). The summed E-state index contributed by atoms with van der Waals surface area (Å²) in [6.07, 6.45) is 0. The molecule has 0 radical (unpaired) electrons. The molecule has 2 aromatic carbocycles. The van der Waals surface area contributed by atoms with Crippen molar-refractivity contribution in [2.75, 3.05) is 5.73 Å². The highest BCUT2D eigenvalue weighted by Gasteiger charge is 2.14. The Morgan fingerprint density at radius 2 is 1.74 bits per heavy atom. The maximum Gasteiger partial charge on any atom is 0.158 e. The van der Waals surface area contributed by atoms with Crippen molar-refractivity contribution in [1.29, 1.82) is 0 Å². The van der Waals surface area contributed by atoms with Gasteiger partial charge in [0.15, 0.2) is 9.84 Å². The molecule has 0 aliphatic heterocycles. The molecule has 0 bridgehead atoms. The van der Waals surface area contributed by atoms with E-state index in [4.69, 9.17) is 5.73 Å². The molecule has 0 aliphatic carbocycles. The van der Waals surface area contributed by atoms with Gasteiger partial charge in [0.1, 0.15) is 0 Å². The number of anilines is 1. The zero-order valence-corrected chi connectivity index (χ0v) is 11.7. The highest BCUT2D eigenvalue weighted by Crippen LogP contribution is 2.17. The van der Waals surface area contributed by atoms with Crippen LogP contribution in [-0.2, 0) is 21.3 Å². The number of nitrogen functional groups attached to an aromatic ring is 1. The molecule has 3 nitrogen and oxygen atoms in total. The lowest BCUT2D eigenvalue weighted by Crippen LogP contribution is -2.09. The van der Waals surface area contributed by atoms with Gasteiger partial charge in [0.05, 0.1) is 11.5 Å². The van der Waals surface area contributed by atoms with E-state index in [1.165, 1.54) is 0 Å². The summed E-state index contributed by atoms with van der Waals surface area (Å²) in [6.45, 7) is 1.95. The quantitative estimate of drug-likeness (QED) is 0.873. The number of rotatable bonds is 4. The molecule has 0 saturated heterocycles. The molecular weight excluding hydrogens is 258 g/mol. The van der Waals surface area contributed by atoms with Crippen molar-refractivity contribution < 1.29 is 8.42 Å². The van der Waals surface area contributed by atoms with E-state index < -0.39 is 9.84 Å². The van der Waals surface area contributed by atoms with Crippen molar-refractivity contribution in [3.8, 4) is 0 Å². The zero-order chi connectivity index (χ0) is 13.9. The Kier molecular flexibility index (Phi) is 3.90. The van der Waals surface area contributed by atoms with E-state index in [1.807, 2.05) is 31.2 Å². The topological polar surface area (TPSA) is 60.2 Å². The van der Waals surface area contributed by atoms with Crippen LogP contribution in [0.3, 0.4) is 0 Å². The summed E-state index contributed by atoms with van der Waals surface area (Å²) >= 11 is 0. The van der Waals surface area contributed by atoms with Gasteiger partial charge in [0, 0.05) is 5.69 Å². The van der Waals surface area contributed by atoms with Crippen LogP contribution in [0.5, 0.6) is 0 Å². The van der Waals surface area contributed by atoms with Crippen molar-refractivity contribution in [3.63, 3.8) is 0 Å². The van der Waals surface area contributed by atoms with Gasteiger partial charge in [-0.25, -0.2) is 8.42 Å². The van der Waals surface area contributed by atoms with Crippen LogP contribution in [0.1, 0.15) is 16.7 Å². The van der Waals surface area contributed by atoms with Gasteiger partial charge in [-0.3, -0.25) is 0 Å². The van der Waals surface area contributed by atoms with Gasteiger partial charge in [-0.05, 0) is 24.1 Å². The molecule has 4 heteroatoms. The van der Waals surface area contributed by atoms with Gasteiger partial charge < -0.3 is 5.73 Å². The minimum Gasteiger partial charge on any atom is -0.398 e. The third-order valence-corrected chi connectivity index (χ3v) is 4.42. The Labute approximate surface area is 114 Å². The first-order valence-corrected chi connectivity index (χ1v) is 7.88. The molecule has 0 fully saturated rings. The van der Waals surface area contributed by atoms with Gasteiger partial charge in [-0.1, -0.05) is 48.0 Å². The van der Waals surface area contributed by atoms with Crippen molar-refractivity contribution in [1.82, 2.24) is 0 Å². The highest BCUT2D eigenvalue weighted by molar-refractivity contribution is 7.89. The summed E-state index contributed by atoms with van der Waals surface area (Å²) in [5, 5.41) is 0. The van der Waals surface area contributed by atoms with Crippen LogP contribution in [0.25, 0.3) is 0 Å². The lowest BCUT2D eigenvalue weighted by molar-refractivity contribution is 0.594. The summed E-state index contributed by atoms with van der Waals surface area (Å²) in [7, 11) is -3.21. The lowest BCUT2D eigenvalue weighted by Gasteiger charge is -2.07. The Balaban J connectivity index is 2.18. The molecule has 0 unspecified atom stereocenters. The normalized spacial score (nSPS) is 11.4. The molecule has 2 aromatic rings. The van der Waals surface area contributed by atoms with E-state index in [2.05, 4.69) is 0 Å². The van der Waals surface area contributed by atoms with Crippen LogP contribution >= 0.6 is 0 Å². The Hall–Kier alpha value is -1.81. The van der Waals surface area contributed by atoms with E-state index >= 15 is 0 Å². The summed E-state index contributed by atoms with van der Waals surface area (Å²) in [5.41, 5.74) is 8.84. The maximum absolute atomic E-state index is 12.2. The third-order valence-electron chi connectivity index (χ3n) is 2.90. The van der Waals surface area contributed by atoms with Gasteiger partial charge in [-0.15, -0.1) is 0 Å². The summed E-state index contributed by atoms with van der Waals surface area (Å²) in [4.78, 5) is 0. The van der Waals surface area contributed by atoms with Crippen LogP contribution in [-0.4, -0.2) is 8.42 Å². The van der Waals surface area contributed by atoms with Crippen LogP contribution in [0.2, 0.25) is 0 Å². The van der Waals surface area contributed by atoms with Gasteiger partial charge in [-0.2, -0.15) is 0 Å². The minimum absolute atomic E-state index is 0.0202. The average molecular weight is 275 g/mol. The van der Waals surface area contributed by atoms with Crippen LogP contribution in [0, 0.1) is 6.92 Å². The first-order valence-electron chi connectivity index (χ1n) is 6.06. The molecule has 0 aliphatic rings. The third kappa shape index (κ3) is 3.83. The molecule has 100 valence electrons. The number of nitrogens with two attached hydrogens (primary N) is 1. The molecule has 0 saturated carbocycles. The first-order chi connectivity index (χ1) is 8.96. The van der Waals surface area contributed by atoms with Crippen LogP contribution < -0.4 is 5.73 Å². The van der Waals surface area contributed by atoms with Crippen molar-refractivity contribution >= 4 is 15.5 Å². The van der Waals surface area contributed by atoms with Crippen molar-refractivity contribution in [2.45, 2.75) is 18.4 Å². The molecule has 19 heavy (non-hydrogen) atoms. The van der Waals surface area contributed by atoms with Gasteiger partial charge >= 0.3 is 0 Å². The van der Waals surface area contributed by atoms with Crippen molar-refractivity contribution in [3.05, 3.63) is 65.2 Å². The molecule has 2 N–H and O–H groups in total. The summed E-state index contributed by atoms with van der Waals surface area (Å²) < 4.78 is 24.4. The highest BCUT2D eigenvalue weighted by atomic mass is 32.2. The second-order valence-corrected chi connectivity index (χ2v) is 6.78. The SMILES string of the molecule is Cc1cccc(CS(=O)(=O)Cc2ccccc2N)c1. The second-order valence-electron chi connectivity index (χ2n) is 4.72. The van der Waals surface area contributed by atoms with E-state index in [0.29, 0.717) is 11.3 Å². The molecule has 0 spiro atoms. The number of hydrogen-bond donors (Lipinski definition) is 1. The largest absolute Gasteiger partial charge is 0.398 e. The minimum atomic E-state index is -3.21. The zero-order valence-electron chi connectivity index (χ0n) is 10.8. The van der Waals surface area contributed by atoms with E-state index in [1.54, 1.807) is 24.3 Å². The van der Waals surface area contributed by atoms with E-state index in [-0.39, 0.29) is 11.5 Å². The molecule has 0 aromatic heterocycles. The molecular formula is C15H17NO2S.